The molecule has 4 rings (SSSR count). The van der Waals surface area contributed by atoms with Crippen LogP contribution in [0.1, 0.15) is 5.56 Å². The van der Waals surface area contributed by atoms with Gasteiger partial charge in [0.05, 0.1) is 4.88 Å². The van der Waals surface area contributed by atoms with E-state index in [2.05, 4.69) is 30.2 Å². The molecule has 0 bridgehead atoms. The molecule has 0 aromatic carbocycles. The molecule has 0 spiro atoms. The van der Waals surface area contributed by atoms with E-state index in [0.717, 1.165) is 27.6 Å². The van der Waals surface area contributed by atoms with E-state index in [9.17, 15) is 0 Å². The average molecular weight is 308 g/mol. The van der Waals surface area contributed by atoms with E-state index < -0.39 is 0 Å². The lowest BCUT2D eigenvalue weighted by Gasteiger charge is -2.05. The Bertz CT molecular complexity index is 885. The molecule has 4 aromatic rings. The first-order valence-corrected chi connectivity index (χ1v) is 7.65. The van der Waals surface area contributed by atoms with Crippen molar-refractivity contribution in [2.45, 2.75) is 6.54 Å². The molecule has 0 atom stereocenters. The Kier molecular flexibility index (Phi) is 3.24. The third-order valence-electron chi connectivity index (χ3n) is 3.23. The van der Waals surface area contributed by atoms with Crippen LogP contribution < -0.4 is 5.32 Å². The van der Waals surface area contributed by atoms with Gasteiger partial charge in [0.15, 0.2) is 17.3 Å². The number of imidazole rings is 1. The van der Waals surface area contributed by atoms with Gasteiger partial charge < -0.3 is 10.3 Å². The summed E-state index contributed by atoms with van der Waals surface area (Å²) in [5.41, 5.74) is 2.56. The second kappa shape index (κ2) is 5.53. The van der Waals surface area contributed by atoms with Crippen molar-refractivity contribution in [3.8, 4) is 10.7 Å². The fourth-order valence-corrected chi connectivity index (χ4v) is 2.85. The summed E-state index contributed by atoms with van der Waals surface area (Å²) in [6.07, 6.45) is 5.11. The highest BCUT2D eigenvalue weighted by Gasteiger charge is 2.11. The number of pyridine rings is 1. The Morgan fingerprint density at radius 3 is 3.00 bits per heavy atom. The Balaban J connectivity index is 1.66. The first-order chi connectivity index (χ1) is 10.9. The van der Waals surface area contributed by atoms with Crippen molar-refractivity contribution in [1.82, 2.24) is 24.9 Å². The van der Waals surface area contributed by atoms with Gasteiger partial charge in [0.25, 0.3) is 0 Å². The second-order valence-corrected chi connectivity index (χ2v) is 5.65. The molecule has 7 heteroatoms. The summed E-state index contributed by atoms with van der Waals surface area (Å²) in [7, 11) is 0. The van der Waals surface area contributed by atoms with Crippen molar-refractivity contribution >= 4 is 28.3 Å². The van der Waals surface area contributed by atoms with Crippen LogP contribution in [0.25, 0.3) is 21.9 Å². The predicted octanol–water partition coefficient (Wildman–Crippen LogP) is 3.09. The van der Waals surface area contributed by atoms with Crippen molar-refractivity contribution in [1.29, 1.82) is 0 Å². The minimum Gasteiger partial charge on any atom is -0.364 e. The highest BCUT2D eigenvalue weighted by molar-refractivity contribution is 7.13. The Morgan fingerprint density at radius 2 is 2.18 bits per heavy atom. The highest BCUT2D eigenvalue weighted by Crippen LogP contribution is 2.26. The normalized spacial score (nSPS) is 10.9. The first-order valence-electron chi connectivity index (χ1n) is 6.77. The van der Waals surface area contributed by atoms with E-state index in [1.807, 2.05) is 35.8 Å². The van der Waals surface area contributed by atoms with Crippen molar-refractivity contribution in [3.63, 3.8) is 0 Å². The topological polar surface area (TPSA) is 79.4 Å². The third kappa shape index (κ3) is 2.42. The van der Waals surface area contributed by atoms with Gasteiger partial charge in [-0.25, -0.2) is 15.0 Å². The fourth-order valence-electron chi connectivity index (χ4n) is 2.18. The van der Waals surface area contributed by atoms with Crippen molar-refractivity contribution in [3.05, 3.63) is 53.9 Å². The summed E-state index contributed by atoms with van der Waals surface area (Å²) in [6, 6.07) is 7.96. The van der Waals surface area contributed by atoms with Crippen LogP contribution in [0.3, 0.4) is 0 Å². The summed E-state index contributed by atoms with van der Waals surface area (Å²) in [4.78, 5) is 21.5. The average Bonchev–Trinajstić information content (AvgIpc) is 3.22. The lowest BCUT2D eigenvalue weighted by Crippen LogP contribution is -2.02. The van der Waals surface area contributed by atoms with E-state index in [0.29, 0.717) is 12.2 Å². The van der Waals surface area contributed by atoms with Crippen LogP contribution >= 0.6 is 11.3 Å². The standard InChI is InChI=1S/C15H12N6S/c1-3-10(7-16-5-1)8-17-14-12-15(19-9-18-14)21-13(20-12)11-4-2-6-22-11/h1-7,9H,8H2,(H2,17,18,19,20,21). The van der Waals surface area contributed by atoms with Gasteiger partial charge in [-0.05, 0) is 23.1 Å². The minimum atomic E-state index is 0.646. The molecule has 0 saturated heterocycles. The van der Waals surface area contributed by atoms with Crippen molar-refractivity contribution in [2.24, 2.45) is 0 Å². The van der Waals surface area contributed by atoms with E-state index in [1.165, 1.54) is 6.33 Å². The van der Waals surface area contributed by atoms with Gasteiger partial charge in [-0.15, -0.1) is 11.3 Å². The van der Waals surface area contributed by atoms with Crippen LogP contribution in [-0.2, 0) is 6.54 Å². The lowest BCUT2D eigenvalue weighted by atomic mass is 10.3. The maximum Gasteiger partial charge on any atom is 0.183 e. The zero-order valence-electron chi connectivity index (χ0n) is 11.5. The maximum absolute atomic E-state index is 4.52. The summed E-state index contributed by atoms with van der Waals surface area (Å²) in [5, 5.41) is 5.33. The van der Waals surface area contributed by atoms with E-state index in [-0.39, 0.29) is 0 Å². The molecule has 0 amide bonds. The van der Waals surface area contributed by atoms with Crippen LogP contribution in [0.4, 0.5) is 5.82 Å². The number of anilines is 1. The highest BCUT2D eigenvalue weighted by atomic mass is 32.1. The molecular formula is C15H12N6S. The van der Waals surface area contributed by atoms with E-state index in [1.54, 1.807) is 17.5 Å². The number of H-pyrrole nitrogens is 1. The van der Waals surface area contributed by atoms with Gasteiger partial charge in [0.2, 0.25) is 0 Å². The van der Waals surface area contributed by atoms with Gasteiger partial charge >= 0.3 is 0 Å². The Hall–Kier alpha value is -2.80. The summed E-state index contributed by atoms with van der Waals surface area (Å²) in [5.74, 6) is 1.55. The Morgan fingerprint density at radius 1 is 1.18 bits per heavy atom. The van der Waals surface area contributed by atoms with Crippen LogP contribution in [0.2, 0.25) is 0 Å². The molecule has 0 saturated carbocycles. The predicted molar refractivity (Wildman–Crippen MR) is 86.6 cm³/mol. The number of hydrogen-bond acceptors (Lipinski definition) is 6. The fraction of sp³-hybridized carbons (Fsp3) is 0.0667. The monoisotopic (exact) mass is 308 g/mol. The summed E-state index contributed by atoms with van der Waals surface area (Å²) in [6.45, 7) is 0.646. The maximum atomic E-state index is 4.52. The Labute approximate surface area is 130 Å². The molecule has 108 valence electrons. The number of nitrogens with one attached hydrogen (secondary N) is 2. The summed E-state index contributed by atoms with van der Waals surface area (Å²) >= 11 is 1.64. The van der Waals surface area contributed by atoms with E-state index in [4.69, 9.17) is 0 Å². The number of aromatic nitrogens is 5. The molecule has 22 heavy (non-hydrogen) atoms. The van der Waals surface area contributed by atoms with Gasteiger partial charge in [0, 0.05) is 18.9 Å². The van der Waals surface area contributed by atoms with Crippen LogP contribution in [0.15, 0.2) is 48.4 Å². The minimum absolute atomic E-state index is 0.646. The molecule has 0 aliphatic carbocycles. The molecule has 0 aliphatic heterocycles. The van der Waals surface area contributed by atoms with Gasteiger partial charge in [0.1, 0.15) is 11.8 Å². The number of fused-ring (bicyclic) bond motifs is 1. The quantitative estimate of drug-likeness (QED) is 0.605. The molecule has 0 radical (unpaired) electrons. The number of nitrogens with zero attached hydrogens (tertiary/aromatic N) is 4. The molecule has 0 aliphatic rings. The third-order valence-corrected chi connectivity index (χ3v) is 4.10. The zero-order chi connectivity index (χ0) is 14.8. The molecule has 4 aromatic heterocycles. The molecule has 6 nitrogen and oxygen atoms in total. The second-order valence-electron chi connectivity index (χ2n) is 4.70. The number of rotatable bonds is 4. The van der Waals surface area contributed by atoms with Crippen LogP contribution in [0, 0.1) is 0 Å². The molecule has 0 fully saturated rings. The number of hydrogen-bond donors (Lipinski definition) is 2. The largest absolute Gasteiger partial charge is 0.364 e. The SMILES string of the molecule is c1cncc(CNc2ncnc3nc(-c4cccs4)[nH]c23)c1. The lowest BCUT2D eigenvalue weighted by molar-refractivity contribution is 1.08. The number of thiophene rings is 1. The smallest absolute Gasteiger partial charge is 0.183 e. The van der Waals surface area contributed by atoms with Crippen LogP contribution in [-0.4, -0.2) is 24.9 Å². The van der Waals surface area contributed by atoms with Gasteiger partial charge in [-0.3, -0.25) is 4.98 Å². The molecule has 2 N–H and O–H groups in total. The molecule has 4 heterocycles. The first kappa shape index (κ1) is 12.9. The van der Waals surface area contributed by atoms with Gasteiger partial charge in [-0.1, -0.05) is 12.1 Å². The molecular weight excluding hydrogens is 296 g/mol. The van der Waals surface area contributed by atoms with Crippen molar-refractivity contribution < 1.29 is 0 Å². The van der Waals surface area contributed by atoms with Crippen LogP contribution in [0.5, 0.6) is 0 Å². The summed E-state index contributed by atoms with van der Waals surface area (Å²) < 4.78 is 0. The van der Waals surface area contributed by atoms with E-state index >= 15 is 0 Å². The van der Waals surface area contributed by atoms with Gasteiger partial charge in [-0.2, -0.15) is 0 Å². The molecule has 0 unspecified atom stereocenters. The number of aromatic amines is 1. The zero-order valence-corrected chi connectivity index (χ0v) is 12.3. The van der Waals surface area contributed by atoms with Crippen molar-refractivity contribution in [2.75, 3.05) is 5.32 Å².